The molecule has 0 saturated carbocycles. The predicted molar refractivity (Wildman–Crippen MR) is 82.0 cm³/mol. The van der Waals surface area contributed by atoms with Crippen molar-refractivity contribution in [2.24, 2.45) is 0 Å². The number of benzene rings is 1. The maximum atomic E-state index is 10.0. The molecule has 1 aromatic carbocycles. The van der Waals surface area contributed by atoms with Crippen LogP contribution >= 0.6 is 0 Å². The maximum absolute atomic E-state index is 10.0. The number of hydrogen-bond acceptors (Lipinski definition) is 4. The zero-order chi connectivity index (χ0) is 16.0. The van der Waals surface area contributed by atoms with E-state index >= 15 is 0 Å². The highest BCUT2D eigenvalue weighted by Crippen LogP contribution is 2.46. The second-order valence-electron chi connectivity index (χ2n) is 5.79. The van der Waals surface area contributed by atoms with Crippen molar-refractivity contribution < 1.29 is 16.0 Å². The lowest BCUT2D eigenvalue weighted by molar-refractivity contribution is 0.137. The average molecular weight is 290 g/mol. The number of hydrogen-bond donors (Lipinski definition) is 1. The SMILES string of the molecule is [2H][C@]12C[C@H](O)C=C[C@@]1(c1ccc(OC)c(OC)c1)CCN2C. The van der Waals surface area contributed by atoms with Crippen molar-refractivity contribution in [2.45, 2.75) is 30.4 Å². The van der Waals surface area contributed by atoms with Crippen LogP contribution in [0.4, 0.5) is 0 Å². The fraction of sp³-hybridized carbons (Fsp3) is 0.529. The lowest BCUT2D eigenvalue weighted by Gasteiger charge is -2.39. The molecule has 21 heavy (non-hydrogen) atoms. The molecule has 0 amide bonds. The number of aliphatic hydroxyl groups excluding tert-OH is 1. The minimum atomic E-state index is -0.846. The molecule has 4 heteroatoms. The first-order valence-electron chi connectivity index (χ1n) is 7.78. The van der Waals surface area contributed by atoms with Crippen molar-refractivity contribution >= 4 is 0 Å². The number of aliphatic hydroxyl groups is 1. The molecule has 1 heterocycles. The monoisotopic (exact) mass is 290 g/mol. The summed E-state index contributed by atoms with van der Waals surface area (Å²) in [5, 5.41) is 10.0. The first-order valence-corrected chi connectivity index (χ1v) is 7.28. The third-order valence-electron chi connectivity index (χ3n) is 4.72. The fourth-order valence-electron chi connectivity index (χ4n) is 3.54. The van der Waals surface area contributed by atoms with Crippen LogP contribution < -0.4 is 9.47 Å². The Morgan fingerprint density at radius 1 is 1.33 bits per heavy atom. The van der Waals surface area contributed by atoms with E-state index < -0.39 is 17.5 Å². The molecule has 1 aliphatic heterocycles. The van der Waals surface area contributed by atoms with E-state index in [0.29, 0.717) is 17.9 Å². The zero-order valence-corrected chi connectivity index (χ0v) is 12.8. The van der Waals surface area contributed by atoms with Gasteiger partial charge in [0.2, 0.25) is 0 Å². The summed E-state index contributed by atoms with van der Waals surface area (Å²) in [7, 11) is 5.20. The van der Waals surface area contributed by atoms with Gasteiger partial charge in [0, 0.05) is 12.8 Å². The van der Waals surface area contributed by atoms with Crippen molar-refractivity contribution in [2.75, 3.05) is 27.8 Å². The second kappa shape index (κ2) is 5.35. The number of fused-ring (bicyclic) bond motifs is 1. The Labute approximate surface area is 127 Å². The van der Waals surface area contributed by atoms with Gasteiger partial charge in [-0.25, -0.2) is 0 Å². The van der Waals surface area contributed by atoms with Gasteiger partial charge in [-0.1, -0.05) is 18.2 Å². The Morgan fingerprint density at radius 2 is 2.10 bits per heavy atom. The molecule has 1 N–H and O–H groups in total. The van der Waals surface area contributed by atoms with Gasteiger partial charge in [-0.3, -0.25) is 0 Å². The third kappa shape index (κ3) is 2.23. The highest BCUT2D eigenvalue weighted by atomic mass is 16.5. The molecule has 1 fully saturated rings. The summed E-state index contributed by atoms with van der Waals surface area (Å²) in [6.45, 7) is 0.828. The van der Waals surface area contributed by atoms with Crippen LogP contribution in [0.5, 0.6) is 11.5 Å². The second-order valence-corrected chi connectivity index (χ2v) is 5.79. The molecule has 2 aliphatic rings. The summed E-state index contributed by atoms with van der Waals surface area (Å²) in [6, 6.07) is 5.01. The van der Waals surface area contributed by atoms with E-state index in [9.17, 15) is 5.11 Å². The number of methoxy groups -OCH3 is 2. The first-order chi connectivity index (χ1) is 10.5. The number of nitrogens with zero attached hydrogens (tertiary/aromatic N) is 1. The Kier molecular flexibility index (Phi) is 3.36. The van der Waals surface area contributed by atoms with Gasteiger partial charge in [0.25, 0.3) is 0 Å². The van der Waals surface area contributed by atoms with Crippen molar-refractivity contribution in [1.29, 1.82) is 0 Å². The van der Waals surface area contributed by atoms with Gasteiger partial charge in [-0.15, -0.1) is 0 Å². The minimum Gasteiger partial charge on any atom is -0.493 e. The molecule has 114 valence electrons. The van der Waals surface area contributed by atoms with Crippen LogP contribution in [0.15, 0.2) is 30.4 Å². The number of rotatable bonds is 3. The topological polar surface area (TPSA) is 41.9 Å². The van der Waals surface area contributed by atoms with Crippen LogP contribution in [-0.4, -0.2) is 49.9 Å². The molecule has 1 aliphatic carbocycles. The summed E-state index contributed by atoms with van der Waals surface area (Å²) >= 11 is 0. The smallest absolute Gasteiger partial charge is 0.161 e. The molecule has 1 saturated heterocycles. The Balaban J connectivity index is 2.14. The summed E-state index contributed by atoms with van der Waals surface area (Å²) in [5.41, 5.74) is 0.605. The van der Waals surface area contributed by atoms with Gasteiger partial charge in [0.1, 0.15) is 0 Å². The molecule has 0 bridgehead atoms. The minimum absolute atomic E-state index is 0.411. The summed E-state index contributed by atoms with van der Waals surface area (Å²) < 4.78 is 19.8. The van der Waals surface area contributed by atoms with Crippen molar-refractivity contribution in [3.8, 4) is 11.5 Å². The van der Waals surface area contributed by atoms with Crippen LogP contribution in [-0.2, 0) is 5.41 Å². The molecule has 0 unspecified atom stereocenters. The van der Waals surface area contributed by atoms with Crippen molar-refractivity contribution in [3.63, 3.8) is 0 Å². The molecule has 0 radical (unpaired) electrons. The Morgan fingerprint density at radius 3 is 2.81 bits per heavy atom. The largest absolute Gasteiger partial charge is 0.493 e. The van der Waals surface area contributed by atoms with E-state index in [1.165, 1.54) is 0 Å². The summed E-state index contributed by atoms with van der Waals surface area (Å²) in [6.07, 6.45) is 4.54. The van der Waals surface area contributed by atoms with E-state index in [0.717, 1.165) is 18.5 Å². The summed E-state index contributed by atoms with van der Waals surface area (Å²) in [4.78, 5) is 2.04. The van der Waals surface area contributed by atoms with Crippen LogP contribution in [0.3, 0.4) is 0 Å². The molecule has 1 aromatic rings. The Hall–Kier alpha value is -1.52. The normalized spacial score (nSPS) is 36.2. The van der Waals surface area contributed by atoms with Crippen LogP contribution in [0.1, 0.15) is 19.8 Å². The van der Waals surface area contributed by atoms with Gasteiger partial charge in [0.05, 0.1) is 20.3 Å². The lowest BCUT2D eigenvalue weighted by Crippen LogP contribution is -2.44. The lowest BCUT2D eigenvalue weighted by atomic mass is 9.69. The molecule has 4 nitrogen and oxygen atoms in total. The van der Waals surface area contributed by atoms with E-state index in [4.69, 9.17) is 10.8 Å². The fourth-order valence-corrected chi connectivity index (χ4v) is 3.54. The average Bonchev–Trinajstić information content (AvgIpc) is 2.79. The van der Waals surface area contributed by atoms with Crippen molar-refractivity contribution in [1.82, 2.24) is 4.90 Å². The highest BCUT2D eigenvalue weighted by molar-refractivity contribution is 5.48. The van der Waals surface area contributed by atoms with Crippen LogP contribution in [0, 0.1) is 0 Å². The van der Waals surface area contributed by atoms with E-state index in [-0.39, 0.29) is 0 Å². The standard InChI is InChI=1S/C17H23NO3/c1-18-9-8-17(7-6-13(19)11-16(17)18)12-4-5-14(20-2)15(10-12)21-3/h4-7,10,13,16,19H,8-9,11H2,1-3H3/t13-,16+,17+/m1/s1/i16D. The van der Waals surface area contributed by atoms with Gasteiger partial charge in [0.15, 0.2) is 11.5 Å². The molecule has 0 spiro atoms. The summed E-state index contributed by atoms with van der Waals surface area (Å²) in [5.74, 6) is 1.36. The molecule has 3 rings (SSSR count). The van der Waals surface area contributed by atoms with E-state index in [2.05, 4.69) is 0 Å². The van der Waals surface area contributed by atoms with E-state index in [1.807, 2.05) is 42.3 Å². The molecule has 0 aromatic heterocycles. The highest BCUT2D eigenvalue weighted by Gasteiger charge is 2.48. The van der Waals surface area contributed by atoms with Gasteiger partial charge in [-0.05, 0) is 44.1 Å². The number of likely N-dealkylation sites (tertiary alicyclic amines) is 1. The molecule has 3 atom stereocenters. The third-order valence-corrected chi connectivity index (χ3v) is 4.72. The van der Waals surface area contributed by atoms with E-state index in [1.54, 1.807) is 14.2 Å². The van der Waals surface area contributed by atoms with Gasteiger partial charge < -0.3 is 19.5 Å². The van der Waals surface area contributed by atoms with Gasteiger partial charge in [-0.2, -0.15) is 0 Å². The van der Waals surface area contributed by atoms with Gasteiger partial charge >= 0.3 is 0 Å². The number of ether oxygens (including phenoxy) is 2. The predicted octanol–water partition coefficient (Wildman–Crippen LogP) is 1.97. The zero-order valence-electron chi connectivity index (χ0n) is 13.8. The first kappa shape index (κ1) is 13.2. The number of likely N-dealkylation sites (N-methyl/N-ethyl adjacent to an activating group) is 1. The molecular formula is C17H23NO3. The van der Waals surface area contributed by atoms with Crippen molar-refractivity contribution in [3.05, 3.63) is 35.9 Å². The van der Waals surface area contributed by atoms with Crippen LogP contribution in [0.25, 0.3) is 0 Å². The molecular weight excluding hydrogens is 266 g/mol. The Bertz CT molecular complexity index is 606. The quantitative estimate of drug-likeness (QED) is 0.864. The maximum Gasteiger partial charge on any atom is 0.161 e. The van der Waals surface area contributed by atoms with Crippen LogP contribution in [0.2, 0.25) is 0 Å².